The van der Waals surface area contributed by atoms with Gasteiger partial charge in [-0.2, -0.15) is 0 Å². The van der Waals surface area contributed by atoms with E-state index >= 15 is 0 Å². The van der Waals surface area contributed by atoms with E-state index in [1.54, 1.807) is 7.11 Å². The fourth-order valence-corrected chi connectivity index (χ4v) is 4.67. The third-order valence-corrected chi connectivity index (χ3v) is 5.76. The fourth-order valence-electron chi connectivity index (χ4n) is 4.67. The number of fused-ring (bicyclic) bond motifs is 1. The van der Waals surface area contributed by atoms with Crippen molar-refractivity contribution in [2.24, 2.45) is 5.41 Å². The molecule has 124 valence electrons. The Bertz CT molecular complexity index is 309. The number of aliphatic hydroxyl groups is 1. The number of ether oxygens (including phenoxy) is 3. The van der Waals surface area contributed by atoms with Crippen LogP contribution in [0.4, 0.5) is 0 Å². The maximum atomic E-state index is 10.9. The van der Waals surface area contributed by atoms with Crippen molar-refractivity contribution in [2.45, 2.75) is 76.4 Å². The van der Waals surface area contributed by atoms with Gasteiger partial charge in [0.25, 0.3) is 0 Å². The molecule has 0 amide bonds. The highest BCUT2D eigenvalue weighted by atomic mass is 16.7. The standard InChI is InChI=1S/C17H32O4/c1-15(2,18)16-8-4-6-10-17(16,11-7-5-9-16)21-14-20-13-12-19-3/h18H,4-14H2,1-3H3. The third kappa shape index (κ3) is 3.29. The van der Waals surface area contributed by atoms with E-state index in [4.69, 9.17) is 14.2 Å². The second kappa shape index (κ2) is 6.95. The van der Waals surface area contributed by atoms with Crippen LogP contribution in [0.25, 0.3) is 0 Å². The van der Waals surface area contributed by atoms with E-state index in [0.717, 1.165) is 25.7 Å². The zero-order valence-electron chi connectivity index (χ0n) is 14.0. The van der Waals surface area contributed by atoms with Crippen LogP contribution in [0, 0.1) is 5.41 Å². The molecule has 0 radical (unpaired) electrons. The van der Waals surface area contributed by atoms with E-state index in [9.17, 15) is 5.11 Å². The van der Waals surface area contributed by atoms with Crippen molar-refractivity contribution >= 4 is 0 Å². The Labute approximate surface area is 129 Å². The van der Waals surface area contributed by atoms with Gasteiger partial charge in [0.2, 0.25) is 0 Å². The zero-order valence-corrected chi connectivity index (χ0v) is 14.0. The Morgan fingerprint density at radius 3 is 2.05 bits per heavy atom. The Hall–Kier alpha value is -0.160. The monoisotopic (exact) mass is 300 g/mol. The SMILES string of the molecule is COCCOCOC12CCCCC1(C(C)(C)O)CCCC2. The molecule has 0 aliphatic heterocycles. The Morgan fingerprint density at radius 1 is 0.952 bits per heavy atom. The van der Waals surface area contributed by atoms with Crippen molar-refractivity contribution in [1.29, 1.82) is 0 Å². The molecule has 2 aliphatic rings. The minimum atomic E-state index is -0.708. The van der Waals surface area contributed by atoms with Gasteiger partial charge in [0.15, 0.2) is 0 Å². The van der Waals surface area contributed by atoms with Crippen LogP contribution in [0.3, 0.4) is 0 Å². The van der Waals surface area contributed by atoms with E-state index in [1.165, 1.54) is 25.7 Å². The number of rotatable bonds is 7. The van der Waals surface area contributed by atoms with Crippen LogP contribution in [-0.4, -0.2) is 43.4 Å². The van der Waals surface area contributed by atoms with Gasteiger partial charge in [0.1, 0.15) is 6.79 Å². The van der Waals surface area contributed by atoms with E-state index in [-0.39, 0.29) is 11.0 Å². The molecule has 0 spiro atoms. The molecule has 0 aromatic heterocycles. The lowest BCUT2D eigenvalue weighted by Crippen LogP contribution is -2.64. The summed E-state index contributed by atoms with van der Waals surface area (Å²) >= 11 is 0. The van der Waals surface area contributed by atoms with Crippen LogP contribution in [0.5, 0.6) is 0 Å². The van der Waals surface area contributed by atoms with Crippen molar-refractivity contribution in [2.75, 3.05) is 27.1 Å². The molecular weight excluding hydrogens is 268 g/mol. The van der Waals surface area contributed by atoms with Gasteiger partial charge in [-0.3, -0.25) is 0 Å². The van der Waals surface area contributed by atoms with Crippen LogP contribution in [0.1, 0.15) is 65.2 Å². The highest BCUT2D eigenvalue weighted by molar-refractivity contribution is 5.11. The lowest BCUT2D eigenvalue weighted by molar-refractivity contribution is -0.271. The molecule has 0 aromatic carbocycles. The lowest BCUT2D eigenvalue weighted by atomic mass is 9.50. The van der Waals surface area contributed by atoms with Crippen LogP contribution in [-0.2, 0) is 14.2 Å². The second-order valence-electron chi connectivity index (χ2n) is 7.21. The molecule has 2 rings (SSSR count). The summed E-state index contributed by atoms with van der Waals surface area (Å²) in [4.78, 5) is 0. The highest BCUT2D eigenvalue weighted by Crippen LogP contribution is 2.60. The number of hydrogen-bond donors (Lipinski definition) is 1. The Kier molecular flexibility index (Phi) is 5.69. The number of methoxy groups -OCH3 is 1. The smallest absolute Gasteiger partial charge is 0.147 e. The molecule has 0 atom stereocenters. The van der Waals surface area contributed by atoms with E-state index in [1.807, 2.05) is 13.8 Å². The molecule has 4 heteroatoms. The summed E-state index contributed by atoms with van der Waals surface area (Å²) < 4.78 is 16.9. The largest absolute Gasteiger partial charge is 0.390 e. The van der Waals surface area contributed by atoms with Gasteiger partial charge < -0.3 is 19.3 Å². The zero-order chi connectivity index (χ0) is 15.4. The van der Waals surface area contributed by atoms with Gasteiger partial charge in [0.05, 0.1) is 24.4 Å². The molecule has 2 saturated carbocycles. The first-order valence-electron chi connectivity index (χ1n) is 8.40. The predicted molar refractivity (Wildman–Crippen MR) is 82.2 cm³/mol. The summed E-state index contributed by atoms with van der Waals surface area (Å²) in [5, 5.41) is 10.9. The van der Waals surface area contributed by atoms with E-state index < -0.39 is 5.60 Å². The summed E-state index contributed by atoms with van der Waals surface area (Å²) in [6.45, 7) is 5.39. The van der Waals surface area contributed by atoms with Crippen molar-refractivity contribution in [3.05, 3.63) is 0 Å². The maximum absolute atomic E-state index is 10.9. The van der Waals surface area contributed by atoms with E-state index in [2.05, 4.69) is 0 Å². The first kappa shape index (κ1) is 17.2. The summed E-state index contributed by atoms with van der Waals surface area (Å²) in [6.07, 6.45) is 8.99. The van der Waals surface area contributed by atoms with Gasteiger partial charge in [-0.15, -0.1) is 0 Å². The Morgan fingerprint density at radius 2 is 1.52 bits per heavy atom. The normalized spacial score (nSPS) is 33.7. The molecular formula is C17H32O4. The highest BCUT2D eigenvalue weighted by Gasteiger charge is 2.61. The molecule has 1 N–H and O–H groups in total. The summed E-state index contributed by atoms with van der Waals surface area (Å²) in [5.41, 5.74) is -1.05. The summed E-state index contributed by atoms with van der Waals surface area (Å²) in [7, 11) is 1.67. The third-order valence-electron chi connectivity index (χ3n) is 5.76. The molecule has 0 bridgehead atoms. The van der Waals surface area contributed by atoms with Gasteiger partial charge in [0, 0.05) is 12.5 Å². The number of hydrogen-bond acceptors (Lipinski definition) is 4. The van der Waals surface area contributed by atoms with Gasteiger partial charge >= 0.3 is 0 Å². The molecule has 0 heterocycles. The summed E-state index contributed by atoms with van der Waals surface area (Å²) in [5.74, 6) is 0. The maximum Gasteiger partial charge on any atom is 0.147 e. The van der Waals surface area contributed by atoms with E-state index in [0.29, 0.717) is 20.0 Å². The first-order chi connectivity index (χ1) is 9.97. The van der Waals surface area contributed by atoms with Crippen LogP contribution >= 0.6 is 0 Å². The van der Waals surface area contributed by atoms with Gasteiger partial charge in [-0.25, -0.2) is 0 Å². The molecule has 0 aromatic rings. The molecule has 0 saturated heterocycles. The molecule has 4 nitrogen and oxygen atoms in total. The van der Waals surface area contributed by atoms with Crippen molar-refractivity contribution in [3.8, 4) is 0 Å². The average Bonchev–Trinajstić information content (AvgIpc) is 2.46. The Balaban J connectivity index is 2.10. The van der Waals surface area contributed by atoms with Crippen molar-refractivity contribution in [1.82, 2.24) is 0 Å². The fraction of sp³-hybridized carbons (Fsp3) is 1.00. The second-order valence-corrected chi connectivity index (χ2v) is 7.21. The van der Waals surface area contributed by atoms with Crippen LogP contribution < -0.4 is 0 Å². The minimum absolute atomic E-state index is 0.124. The van der Waals surface area contributed by atoms with Gasteiger partial charge in [-0.05, 0) is 39.5 Å². The van der Waals surface area contributed by atoms with Crippen molar-refractivity contribution < 1.29 is 19.3 Å². The van der Waals surface area contributed by atoms with Gasteiger partial charge in [-0.1, -0.05) is 25.7 Å². The molecule has 2 aliphatic carbocycles. The molecule has 0 unspecified atom stereocenters. The minimum Gasteiger partial charge on any atom is -0.390 e. The first-order valence-corrected chi connectivity index (χ1v) is 8.40. The topological polar surface area (TPSA) is 47.9 Å². The average molecular weight is 300 g/mol. The molecule has 2 fully saturated rings. The molecule has 21 heavy (non-hydrogen) atoms. The van der Waals surface area contributed by atoms with Crippen LogP contribution in [0.15, 0.2) is 0 Å². The van der Waals surface area contributed by atoms with Crippen LogP contribution in [0.2, 0.25) is 0 Å². The quantitative estimate of drug-likeness (QED) is 0.579. The summed E-state index contributed by atoms with van der Waals surface area (Å²) in [6, 6.07) is 0. The predicted octanol–water partition coefficient (Wildman–Crippen LogP) is 3.27. The lowest BCUT2D eigenvalue weighted by Gasteiger charge is -2.61. The van der Waals surface area contributed by atoms with Crippen molar-refractivity contribution in [3.63, 3.8) is 0 Å².